The number of nitrogens with zero attached hydrogens (tertiary/aromatic N) is 1. The third kappa shape index (κ3) is 5.70. The lowest BCUT2D eigenvalue weighted by molar-refractivity contribution is -0.864. The van der Waals surface area contributed by atoms with E-state index < -0.39 is 0 Å². The second-order valence-corrected chi connectivity index (χ2v) is 3.04. The molecule has 0 spiro atoms. The van der Waals surface area contributed by atoms with Gasteiger partial charge in [-0.1, -0.05) is 6.08 Å². The van der Waals surface area contributed by atoms with Crippen molar-refractivity contribution in [3.63, 3.8) is 0 Å². The van der Waals surface area contributed by atoms with Crippen LogP contribution in [0.15, 0.2) is 12.2 Å². The minimum absolute atomic E-state index is 1.02. The first-order valence-electron chi connectivity index (χ1n) is 2.98. The highest BCUT2D eigenvalue weighted by Crippen LogP contribution is 1.88. The van der Waals surface area contributed by atoms with Crippen LogP contribution in [0.4, 0.5) is 0 Å². The van der Waals surface area contributed by atoms with Crippen molar-refractivity contribution in [2.45, 2.75) is 6.92 Å². The lowest BCUT2D eigenvalue weighted by Crippen LogP contribution is -2.34. The van der Waals surface area contributed by atoms with Crippen LogP contribution >= 0.6 is 0 Å². The number of allylic oxidation sites excluding steroid dienone is 1. The van der Waals surface area contributed by atoms with Crippen LogP contribution in [0, 0.1) is 0 Å². The number of hydrogen-bond donors (Lipinski definition) is 0. The predicted molar refractivity (Wildman–Crippen MR) is 37.7 cm³/mol. The molecule has 0 aromatic carbocycles. The summed E-state index contributed by atoms with van der Waals surface area (Å²) >= 11 is 0. The van der Waals surface area contributed by atoms with Crippen LogP contribution in [0.5, 0.6) is 0 Å². The first-order valence-corrected chi connectivity index (χ1v) is 2.98. The Balaban J connectivity index is 3.39. The molecule has 0 radical (unpaired) electrons. The van der Waals surface area contributed by atoms with Crippen molar-refractivity contribution in [3.05, 3.63) is 12.2 Å². The van der Waals surface area contributed by atoms with Gasteiger partial charge < -0.3 is 4.48 Å². The Morgan fingerprint density at radius 1 is 1.25 bits per heavy atom. The van der Waals surface area contributed by atoms with Gasteiger partial charge in [0.05, 0.1) is 27.7 Å². The molecule has 0 unspecified atom stereocenters. The van der Waals surface area contributed by atoms with Gasteiger partial charge in [0.15, 0.2) is 0 Å². The van der Waals surface area contributed by atoms with Gasteiger partial charge in [-0.05, 0) is 13.0 Å². The van der Waals surface area contributed by atoms with E-state index in [1.165, 1.54) is 0 Å². The van der Waals surface area contributed by atoms with Crippen molar-refractivity contribution in [1.82, 2.24) is 0 Å². The highest BCUT2D eigenvalue weighted by molar-refractivity contribution is 4.75. The Morgan fingerprint density at radius 2 is 1.75 bits per heavy atom. The maximum atomic E-state index is 2.18. The molecule has 8 heavy (non-hydrogen) atoms. The third-order valence-corrected chi connectivity index (χ3v) is 0.889. The zero-order chi connectivity index (χ0) is 6.62. The quantitative estimate of drug-likeness (QED) is 0.374. The summed E-state index contributed by atoms with van der Waals surface area (Å²) in [4.78, 5) is 0. The van der Waals surface area contributed by atoms with Gasteiger partial charge >= 0.3 is 0 Å². The lowest BCUT2D eigenvalue weighted by Gasteiger charge is -2.21. The molecule has 0 saturated carbocycles. The van der Waals surface area contributed by atoms with Gasteiger partial charge in [-0.2, -0.15) is 0 Å². The third-order valence-electron chi connectivity index (χ3n) is 0.889. The van der Waals surface area contributed by atoms with E-state index in [1.807, 2.05) is 0 Å². The lowest BCUT2D eigenvalue weighted by atomic mass is 10.4. The van der Waals surface area contributed by atoms with E-state index in [2.05, 4.69) is 40.2 Å². The van der Waals surface area contributed by atoms with E-state index in [0.29, 0.717) is 0 Å². The normalized spacial score (nSPS) is 13.0. The van der Waals surface area contributed by atoms with E-state index in [1.54, 1.807) is 0 Å². The summed E-state index contributed by atoms with van der Waals surface area (Å²) in [5.41, 5.74) is 0. The van der Waals surface area contributed by atoms with E-state index in [-0.39, 0.29) is 0 Å². The summed E-state index contributed by atoms with van der Waals surface area (Å²) in [7, 11) is 6.54. The second-order valence-electron chi connectivity index (χ2n) is 3.04. The van der Waals surface area contributed by atoms with Crippen LogP contribution in [0.3, 0.4) is 0 Å². The molecule has 0 aliphatic rings. The zero-order valence-corrected chi connectivity index (χ0v) is 6.31. The highest BCUT2D eigenvalue weighted by Gasteiger charge is 2.00. The Bertz CT molecular complexity index is 76.9. The monoisotopic (exact) mass is 114 g/mol. The average molecular weight is 114 g/mol. The number of rotatable bonds is 2. The van der Waals surface area contributed by atoms with Crippen LogP contribution in [-0.2, 0) is 0 Å². The van der Waals surface area contributed by atoms with Crippen LogP contribution in [0.25, 0.3) is 0 Å². The standard InChI is InChI=1S/C7H16N/c1-5-6-7-8(2,3)4/h5-6H,7H2,1-4H3/q+1/b6-5+. The second kappa shape index (κ2) is 2.88. The molecule has 0 fully saturated rings. The molecule has 0 N–H and O–H groups in total. The van der Waals surface area contributed by atoms with Gasteiger partial charge in [0.1, 0.15) is 0 Å². The van der Waals surface area contributed by atoms with Gasteiger partial charge in [0.25, 0.3) is 0 Å². The summed E-state index contributed by atoms with van der Waals surface area (Å²) in [6.45, 7) is 3.17. The van der Waals surface area contributed by atoms with Crippen molar-refractivity contribution in [2.75, 3.05) is 27.7 Å². The molecule has 0 amide bonds. The molecular formula is C7H16N+. The van der Waals surface area contributed by atoms with Crippen LogP contribution < -0.4 is 0 Å². The van der Waals surface area contributed by atoms with Gasteiger partial charge in [-0.25, -0.2) is 0 Å². The Labute approximate surface area is 52.2 Å². The molecule has 0 bridgehead atoms. The Morgan fingerprint density at radius 3 is 1.88 bits per heavy atom. The van der Waals surface area contributed by atoms with Crippen LogP contribution in [0.1, 0.15) is 6.92 Å². The average Bonchev–Trinajstić information content (AvgIpc) is 1.59. The summed E-state index contributed by atoms with van der Waals surface area (Å²) < 4.78 is 1.02. The molecule has 1 nitrogen and oxygen atoms in total. The van der Waals surface area contributed by atoms with Gasteiger partial charge in [-0.15, -0.1) is 0 Å². The molecular weight excluding hydrogens is 98.1 g/mol. The van der Waals surface area contributed by atoms with E-state index >= 15 is 0 Å². The maximum absolute atomic E-state index is 2.18. The molecule has 0 aliphatic heterocycles. The fourth-order valence-corrected chi connectivity index (χ4v) is 0.422. The molecule has 0 saturated heterocycles. The van der Waals surface area contributed by atoms with E-state index in [9.17, 15) is 0 Å². The predicted octanol–water partition coefficient (Wildman–Crippen LogP) is 1.27. The van der Waals surface area contributed by atoms with E-state index in [0.717, 1.165) is 11.0 Å². The first kappa shape index (κ1) is 7.70. The molecule has 0 heterocycles. The molecule has 1 heteroatoms. The van der Waals surface area contributed by atoms with Crippen LogP contribution in [0.2, 0.25) is 0 Å². The van der Waals surface area contributed by atoms with Crippen molar-refractivity contribution < 1.29 is 4.48 Å². The number of likely N-dealkylation sites (N-methyl/N-ethyl adjacent to an activating group) is 1. The van der Waals surface area contributed by atoms with Gasteiger partial charge in [-0.3, -0.25) is 0 Å². The largest absolute Gasteiger partial charge is 0.328 e. The fraction of sp³-hybridized carbons (Fsp3) is 0.714. The SMILES string of the molecule is C/C=C/C[N+](C)(C)C. The van der Waals surface area contributed by atoms with Crippen molar-refractivity contribution >= 4 is 0 Å². The summed E-state index contributed by atoms with van der Waals surface area (Å²) in [5.74, 6) is 0. The summed E-state index contributed by atoms with van der Waals surface area (Å²) in [6.07, 6.45) is 4.27. The fourth-order valence-electron chi connectivity index (χ4n) is 0.422. The van der Waals surface area contributed by atoms with Crippen molar-refractivity contribution in [2.24, 2.45) is 0 Å². The summed E-state index contributed by atoms with van der Waals surface area (Å²) in [6, 6.07) is 0. The maximum Gasteiger partial charge on any atom is 0.0967 e. The van der Waals surface area contributed by atoms with Gasteiger partial charge in [0.2, 0.25) is 0 Å². The van der Waals surface area contributed by atoms with Crippen molar-refractivity contribution in [3.8, 4) is 0 Å². The topological polar surface area (TPSA) is 0 Å². The zero-order valence-electron chi connectivity index (χ0n) is 6.31. The molecule has 0 aromatic heterocycles. The Hall–Kier alpha value is -0.300. The molecule has 48 valence electrons. The first-order chi connectivity index (χ1) is 3.56. The highest BCUT2D eigenvalue weighted by atomic mass is 15.3. The number of quaternary nitrogens is 1. The minimum atomic E-state index is 1.02. The van der Waals surface area contributed by atoms with Crippen LogP contribution in [-0.4, -0.2) is 32.2 Å². The molecule has 0 atom stereocenters. The number of hydrogen-bond acceptors (Lipinski definition) is 0. The smallest absolute Gasteiger partial charge is 0.0967 e. The van der Waals surface area contributed by atoms with Crippen molar-refractivity contribution in [1.29, 1.82) is 0 Å². The molecule has 0 aromatic rings. The summed E-state index contributed by atoms with van der Waals surface area (Å²) in [5, 5.41) is 0. The molecule has 0 aliphatic carbocycles. The van der Waals surface area contributed by atoms with Gasteiger partial charge in [0, 0.05) is 0 Å². The molecule has 0 rings (SSSR count). The van der Waals surface area contributed by atoms with E-state index in [4.69, 9.17) is 0 Å². The minimum Gasteiger partial charge on any atom is -0.328 e. The Kier molecular flexibility index (Phi) is 2.77.